The van der Waals surface area contributed by atoms with Gasteiger partial charge in [-0.15, -0.1) is 0 Å². The van der Waals surface area contributed by atoms with Gasteiger partial charge < -0.3 is 13.9 Å². The molecule has 1 aliphatic heterocycles. The number of aromatic nitrogens is 4. The van der Waals surface area contributed by atoms with Gasteiger partial charge in [-0.1, -0.05) is 16.4 Å². The molecular weight excluding hydrogens is 379 g/mol. The third-order valence-electron chi connectivity index (χ3n) is 4.53. The van der Waals surface area contributed by atoms with E-state index in [-0.39, 0.29) is 29.0 Å². The van der Waals surface area contributed by atoms with E-state index in [1.165, 1.54) is 18.4 Å². The lowest BCUT2D eigenvalue weighted by Crippen LogP contribution is -2.38. The van der Waals surface area contributed by atoms with Crippen LogP contribution in [-0.2, 0) is 6.18 Å². The third kappa shape index (κ3) is 3.59. The topological polar surface area (TPSA) is 98.2 Å². The summed E-state index contributed by atoms with van der Waals surface area (Å²) in [6.07, 6.45) is -2.02. The Hall–Kier alpha value is -3.24. The van der Waals surface area contributed by atoms with E-state index in [4.69, 9.17) is 4.52 Å². The molecule has 4 heterocycles. The van der Waals surface area contributed by atoms with Crippen molar-refractivity contribution in [3.8, 4) is 11.5 Å². The zero-order chi connectivity index (χ0) is 19.7. The molecule has 1 fully saturated rings. The van der Waals surface area contributed by atoms with Crippen LogP contribution in [0.25, 0.3) is 11.5 Å². The first-order chi connectivity index (χ1) is 13.4. The highest BCUT2D eigenvalue weighted by Crippen LogP contribution is 2.31. The Morgan fingerprint density at radius 3 is 2.54 bits per heavy atom. The largest absolute Gasteiger partial charge is 0.471 e. The van der Waals surface area contributed by atoms with Gasteiger partial charge in [-0.25, -0.2) is 4.98 Å². The number of carbonyl (C=O) groups excluding carboxylic acids is 1. The summed E-state index contributed by atoms with van der Waals surface area (Å²) in [7, 11) is 0. The fraction of sp³-hybridized carbons (Fsp3) is 0.353. The molecule has 146 valence electrons. The lowest BCUT2D eigenvalue weighted by molar-refractivity contribution is -0.159. The van der Waals surface area contributed by atoms with E-state index in [0.29, 0.717) is 31.6 Å². The van der Waals surface area contributed by atoms with E-state index in [1.807, 2.05) is 0 Å². The van der Waals surface area contributed by atoms with Crippen LogP contribution in [0, 0.1) is 0 Å². The van der Waals surface area contributed by atoms with Crippen molar-refractivity contribution in [2.24, 2.45) is 0 Å². The average Bonchev–Trinajstić information content (AvgIpc) is 3.39. The Balaban J connectivity index is 1.45. The number of nitrogens with zero attached hydrogens (tertiary/aromatic N) is 5. The molecule has 11 heteroatoms. The van der Waals surface area contributed by atoms with Crippen LogP contribution in [0.2, 0.25) is 0 Å². The fourth-order valence-corrected chi connectivity index (χ4v) is 3.11. The maximum atomic E-state index is 12.6. The van der Waals surface area contributed by atoms with Gasteiger partial charge in [-0.3, -0.25) is 4.79 Å². The van der Waals surface area contributed by atoms with Crippen molar-refractivity contribution in [1.82, 2.24) is 25.2 Å². The number of piperidine rings is 1. The molecule has 0 spiro atoms. The Labute approximate surface area is 156 Å². The number of alkyl halides is 3. The van der Waals surface area contributed by atoms with Gasteiger partial charge in [0.2, 0.25) is 5.82 Å². The highest BCUT2D eigenvalue weighted by molar-refractivity contribution is 5.92. The minimum atomic E-state index is -4.70. The van der Waals surface area contributed by atoms with Gasteiger partial charge in [-0.2, -0.15) is 18.2 Å². The van der Waals surface area contributed by atoms with Crippen molar-refractivity contribution in [3.63, 3.8) is 0 Å². The Morgan fingerprint density at radius 2 is 1.89 bits per heavy atom. The van der Waals surface area contributed by atoms with Gasteiger partial charge in [0.25, 0.3) is 5.91 Å². The van der Waals surface area contributed by atoms with Crippen LogP contribution >= 0.6 is 0 Å². The first kappa shape index (κ1) is 18.1. The van der Waals surface area contributed by atoms with E-state index in [9.17, 15) is 18.0 Å². The van der Waals surface area contributed by atoms with Gasteiger partial charge >= 0.3 is 12.1 Å². The van der Waals surface area contributed by atoms with E-state index >= 15 is 0 Å². The standard InChI is InChI=1S/C17H14F3N5O3/c18-17(19,20)16-22-14(24-28-16)12-3-1-2-11(21-12)10-4-7-25(8-5-10)15(26)13-6-9-27-23-13/h1-3,6,9-10H,4-5,7-8H2. The molecule has 3 aromatic heterocycles. The van der Waals surface area contributed by atoms with Gasteiger partial charge in [0.1, 0.15) is 12.0 Å². The van der Waals surface area contributed by atoms with E-state index < -0.39 is 12.1 Å². The molecule has 0 aliphatic carbocycles. The molecule has 0 saturated carbocycles. The van der Waals surface area contributed by atoms with Crippen molar-refractivity contribution in [2.75, 3.05) is 13.1 Å². The fourth-order valence-electron chi connectivity index (χ4n) is 3.11. The molecule has 0 atom stereocenters. The number of carbonyl (C=O) groups is 1. The summed E-state index contributed by atoms with van der Waals surface area (Å²) in [4.78, 5) is 21.7. The summed E-state index contributed by atoms with van der Waals surface area (Å²) in [5.74, 6) is -1.75. The van der Waals surface area contributed by atoms with Gasteiger partial charge in [0.15, 0.2) is 5.69 Å². The minimum absolute atomic E-state index is 0.0651. The molecule has 1 saturated heterocycles. The first-order valence-corrected chi connectivity index (χ1v) is 8.49. The second-order valence-electron chi connectivity index (χ2n) is 6.32. The number of hydrogen-bond acceptors (Lipinski definition) is 7. The van der Waals surface area contributed by atoms with Crippen molar-refractivity contribution in [1.29, 1.82) is 0 Å². The van der Waals surface area contributed by atoms with Crippen molar-refractivity contribution < 1.29 is 27.0 Å². The first-order valence-electron chi connectivity index (χ1n) is 8.49. The monoisotopic (exact) mass is 393 g/mol. The normalized spacial score (nSPS) is 15.8. The van der Waals surface area contributed by atoms with Gasteiger partial charge in [-0.05, 0) is 25.0 Å². The van der Waals surface area contributed by atoms with Crippen LogP contribution in [-0.4, -0.2) is 44.2 Å². The molecule has 3 aromatic rings. The van der Waals surface area contributed by atoms with E-state index in [2.05, 4.69) is 24.8 Å². The third-order valence-corrected chi connectivity index (χ3v) is 4.53. The number of amides is 1. The summed E-state index contributed by atoms with van der Waals surface area (Å²) < 4.78 is 46.9. The van der Waals surface area contributed by atoms with E-state index in [0.717, 1.165) is 0 Å². The van der Waals surface area contributed by atoms with Crippen molar-refractivity contribution in [2.45, 2.75) is 24.9 Å². The average molecular weight is 393 g/mol. The van der Waals surface area contributed by atoms with Gasteiger partial charge in [0.05, 0.1) is 0 Å². The van der Waals surface area contributed by atoms with Crippen molar-refractivity contribution >= 4 is 5.91 Å². The lowest BCUT2D eigenvalue weighted by Gasteiger charge is -2.31. The number of likely N-dealkylation sites (tertiary alicyclic amines) is 1. The molecule has 4 rings (SSSR count). The Kier molecular flexibility index (Phi) is 4.57. The summed E-state index contributed by atoms with van der Waals surface area (Å²) in [6, 6.07) is 6.53. The lowest BCUT2D eigenvalue weighted by atomic mass is 9.92. The van der Waals surface area contributed by atoms with Crippen LogP contribution in [0.3, 0.4) is 0 Å². The van der Waals surface area contributed by atoms with E-state index in [1.54, 1.807) is 17.0 Å². The second-order valence-corrected chi connectivity index (χ2v) is 6.32. The zero-order valence-electron chi connectivity index (χ0n) is 14.4. The molecule has 0 bridgehead atoms. The molecule has 0 aromatic carbocycles. The smallest absolute Gasteiger partial charge is 0.364 e. The van der Waals surface area contributed by atoms with Crippen LogP contribution < -0.4 is 0 Å². The molecular formula is C17H14F3N5O3. The molecule has 0 radical (unpaired) electrons. The van der Waals surface area contributed by atoms with Gasteiger partial charge in [0, 0.05) is 30.8 Å². The molecule has 0 N–H and O–H groups in total. The summed E-state index contributed by atoms with van der Waals surface area (Å²) in [5.41, 5.74) is 1.18. The molecule has 1 aliphatic rings. The molecule has 28 heavy (non-hydrogen) atoms. The Bertz CT molecular complexity index is 963. The quantitative estimate of drug-likeness (QED) is 0.674. The molecule has 0 unspecified atom stereocenters. The van der Waals surface area contributed by atoms with Crippen molar-refractivity contribution in [3.05, 3.63) is 47.8 Å². The minimum Gasteiger partial charge on any atom is -0.364 e. The SMILES string of the molecule is O=C(c1ccon1)N1CCC(c2cccc(-c3noc(C(F)(F)F)n3)n2)CC1. The summed E-state index contributed by atoms with van der Waals surface area (Å²) >= 11 is 0. The highest BCUT2D eigenvalue weighted by atomic mass is 19.4. The zero-order valence-corrected chi connectivity index (χ0v) is 14.4. The summed E-state index contributed by atoms with van der Waals surface area (Å²) in [5, 5.41) is 7.02. The maximum Gasteiger partial charge on any atom is 0.471 e. The highest BCUT2D eigenvalue weighted by Gasteiger charge is 2.38. The number of halogens is 3. The van der Waals surface area contributed by atoms with Crippen LogP contribution in [0.15, 0.2) is 39.6 Å². The van der Waals surface area contributed by atoms with Crippen LogP contribution in [0.4, 0.5) is 13.2 Å². The second kappa shape index (κ2) is 7.06. The number of rotatable bonds is 3. The number of pyridine rings is 1. The number of hydrogen-bond donors (Lipinski definition) is 0. The predicted octanol–water partition coefficient (Wildman–Crippen LogP) is 3.16. The Morgan fingerprint density at radius 1 is 1.11 bits per heavy atom. The van der Waals surface area contributed by atoms with Crippen LogP contribution in [0.5, 0.6) is 0 Å². The predicted molar refractivity (Wildman–Crippen MR) is 86.9 cm³/mol. The maximum absolute atomic E-state index is 12.6. The molecule has 8 nitrogen and oxygen atoms in total. The summed E-state index contributed by atoms with van der Waals surface area (Å²) in [6.45, 7) is 1.03. The molecule has 1 amide bonds. The van der Waals surface area contributed by atoms with Crippen LogP contribution in [0.1, 0.15) is 40.8 Å².